The first-order valence-electron chi connectivity index (χ1n) is 10.1. The second-order valence-corrected chi connectivity index (χ2v) is 7.96. The van der Waals surface area contributed by atoms with E-state index in [0.717, 1.165) is 18.5 Å². The Morgan fingerprint density at radius 1 is 1.07 bits per heavy atom. The summed E-state index contributed by atoms with van der Waals surface area (Å²) in [5, 5.41) is 8.35. The number of aromatic nitrogens is 5. The van der Waals surface area contributed by atoms with Gasteiger partial charge in [0.2, 0.25) is 0 Å². The van der Waals surface area contributed by atoms with Crippen LogP contribution < -0.4 is 10.5 Å². The summed E-state index contributed by atoms with van der Waals surface area (Å²) >= 11 is 0. The van der Waals surface area contributed by atoms with Crippen molar-refractivity contribution in [2.24, 2.45) is 7.05 Å². The standard InChI is InChI=1S/C21H23N7O2/c1-14-11-25(2)21(30)19(24-14)27-15-7-8-16(27)13-26(12-15)20(29)17-5-3-4-6-18(17)28-22-9-10-23-28/h3-6,9-11,15-16H,7-8,12-13H2,1-2H3. The van der Waals surface area contributed by atoms with Gasteiger partial charge >= 0.3 is 0 Å². The molecule has 2 aliphatic heterocycles. The zero-order chi connectivity index (χ0) is 20.8. The number of amides is 1. The first-order chi connectivity index (χ1) is 14.5. The van der Waals surface area contributed by atoms with Crippen molar-refractivity contribution >= 4 is 11.7 Å². The zero-order valence-electron chi connectivity index (χ0n) is 17.0. The van der Waals surface area contributed by atoms with E-state index in [1.54, 1.807) is 30.2 Å². The van der Waals surface area contributed by atoms with Crippen molar-refractivity contribution < 1.29 is 4.79 Å². The fourth-order valence-electron chi connectivity index (χ4n) is 4.66. The summed E-state index contributed by atoms with van der Waals surface area (Å²) in [4.78, 5) is 36.2. The predicted molar refractivity (Wildman–Crippen MR) is 111 cm³/mol. The molecule has 5 rings (SSSR count). The van der Waals surface area contributed by atoms with Crippen LogP contribution in [0.25, 0.3) is 5.69 Å². The van der Waals surface area contributed by atoms with E-state index in [1.165, 1.54) is 4.80 Å². The van der Waals surface area contributed by atoms with E-state index in [2.05, 4.69) is 20.1 Å². The van der Waals surface area contributed by atoms with E-state index >= 15 is 0 Å². The summed E-state index contributed by atoms with van der Waals surface area (Å²) in [6.07, 6.45) is 6.81. The number of hydrogen-bond donors (Lipinski definition) is 0. The lowest BCUT2D eigenvalue weighted by Gasteiger charge is -2.41. The van der Waals surface area contributed by atoms with Crippen molar-refractivity contribution in [3.05, 3.63) is 64.5 Å². The van der Waals surface area contributed by atoms with E-state index in [1.807, 2.05) is 36.1 Å². The molecule has 154 valence electrons. The third kappa shape index (κ3) is 2.97. The SMILES string of the molecule is Cc1cn(C)c(=O)c(N2C3CCC2CN(C(=O)c2ccccc2-n2nccn2)C3)n1. The molecule has 0 radical (unpaired) electrons. The van der Waals surface area contributed by atoms with Gasteiger partial charge in [-0.25, -0.2) is 4.98 Å². The van der Waals surface area contributed by atoms with Gasteiger partial charge in [0.15, 0.2) is 5.82 Å². The van der Waals surface area contributed by atoms with Crippen LogP contribution in [0.2, 0.25) is 0 Å². The fraction of sp³-hybridized carbons (Fsp3) is 0.381. The van der Waals surface area contributed by atoms with Crippen LogP contribution in [0.15, 0.2) is 47.7 Å². The Balaban J connectivity index is 1.44. The fourth-order valence-corrected chi connectivity index (χ4v) is 4.66. The summed E-state index contributed by atoms with van der Waals surface area (Å²) in [5.41, 5.74) is 1.96. The van der Waals surface area contributed by atoms with Gasteiger partial charge in [-0.3, -0.25) is 9.59 Å². The Bertz CT molecular complexity index is 1140. The average Bonchev–Trinajstić information content (AvgIpc) is 3.36. The molecule has 30 heavy (non-hydrogen) atoms. The van der Waals surface area contributed by atoms with Gasteiger partial charge in [-0.15, -0.1) is 0 Å². The molecule has 2 aliphatic rings. The van der Waals surface area contributed by atoms with Gasteiger partial charge in [0.05, 0.1) is 29.3 Å². The molecule has 3 aromatic rings. The Kier molecular flexibility index (Phi) is 4.38. The van der Waals surface area contributed by atoms with Crippen molar-refractivity contribution in [1.29, 1.82) is 0 Å². The van der Waals surface area contributed by atoms with Crippen LogP contribution in [0.5, 0.6) is 0 Å². The number of aryl methyl sites for hydroxylation is 2. The maximum Gasteiger partial charge on any atom is 0.293 e. The number of nitrogens with zero attached hydrogens (tertiary/aromatic N) is 7. The Morgan fingerprint density at radius 2 is 1.73 bits per heavy atom. The number of para-hydroxylation sites is 1. The van der Waals surface area contributed by atoms with Gasteiger partial charge in [0.25, 0.3) is 11.5 Å². The van der Waals surface area contributed by atoms with Crippen molar-refractivity contribution in [2.75, 3.05) is 18.0 Å². The molecule has 9 heteroatoms. The van der Waals surface area contributed by atoms with Crippen LogP contribution in [0.1, 0.15) is 28.9 Å². The van der Waals surface area contributed by atoms with Gasteiger partial charge in [-0.1, -0.05) is 12.1 Å². The normalized spacial score (nSPS) is 20.6. The number of rotatable bonds is 3. The average molecular weight is 405 g/mol. The Morgan fingerprint density at radius 3 is 2.43 bits per heavy atom. The minimum atomic E-state index is -0.0904. The summed E-state index contributed by atoms with van der Waals surface area (Å²) in [6.45, 7) is 3.02. The molecule has 0 aliphatic carbocycles. The third-order valence-corrected chi connectivity index (χ3v) is 5.96. The number of anilines is 1. The second-order valence-electron chi connectivity index (χ2n) is 7.96. The lowest BCUT2D eigenvalue weighted by Crippen LogP contribution is -2.57. The molecule has 2 saturated heterocycles. The van der Waals surface area contributed by atoms with E-state index in [-0.39, 0.29) is 23.6 Å². The van der Waals surface area contributed by atoms with E-state index < -0.39 is 0 Å². The van der Waals surface area contributed by atoms with Crippen LogP contribution in [0, 0.1) is 6.92 Å². The Hall–Kier alpha value is -3.49. The van der Waals surface area contributed by atoms with Crippen LogP contribution >= 0.6 is 0 Å². The molecular weight excluding hydrogens is 382 g/mol. The van der Waals surface area contributed by atoms with Crippen molar-refractivity contribution in [2.45, 2.75) is 31.8 Å². The molecule has 2 aromatic heterocycles. The molecular formula is C21H23N7O2. The maximum absolute atomic E-state index is 13.4. The number of benzene rings is 1. The van der Waals surface area contributed by atoms with Crippen LogP contribution in [-0.2, 0) is 7.05 Å². The lowest BCUT2D eigenvalue weighted by atomic mass is 10.1. The smallest absolute Gasteiger partial charge is 0.293 e. The molecule has 2 fully saturated rings. The minimum Gasteiger partial charge on any atom is -0.342 e. The number of piperazine rings is 1. The summed E-state index contributed by atoms with van der Waals surface area (Å²) in [5.74, 6) is 0.461. The van der Waals surface area contributed by atoms with Crippen molar-refractivity contribution in [3.8, 4) is 5.69 Å². The molecule has 0 spiro atoms. The van der Waals surface area contributed by atoms with E-state index in [4.69, 9.17) is 0 Å². The zero-order valence-corrected chi connectivity index (χ0v) is 17.0. The summed E-state index contributed by atoms with van der Waals surface area (Å²) in [6, 6.07) is 7.56. The molecule has 2 atom stereocenters. The largest absolute Gasteiger partial charge is 0.342 e. The summed E-state index contributed by atoms with van der Waals surface area (Å²) in [7, 11) is 1.75. The van der Waals surface area contributed by atoms with Crippen molar-refractivity contribution in [1.82, 2.24) is 29.4 Å². The van der Waals surface area contributed by atoms with Gasteiger partial charge in [-0.2, -0.15) is 15.0 Å². The minimum absolute atomic E-state index is 0.0375. The highest BCUT2D eigenvalue weighted by atomic mass is 16.2. The molecule has 9 nitrogen and oxygen atoms in total. The topological polar surface area (TPSA) is 89.2 Å². The molecule has 0 saturated carbocycles. The number of fused-ring (bicyclic) bond motifs is 2. The summed E-state index contributed by atoms with van der Waals surface area (Å²) < 4.78 is 1.59. The van der Waals surface area contributed by atoms with Crippen LogP contribution in [0.4, 0.5) is 5.82 Å². The number of likely N-dealkylation sites (tertiary alicyclic amines) is 1. The molecule has 0 N–H and O–H groups in total. The van der Waals surface area contributed by atoms with E-state index in [9.17, 15) is 9.59 Å². The van der Waals surface area contributed by atoms with Gasteiger partial charge in [-0.05, 0) is 31.9 Å². The highest BCUT2D eigenvalue weighted by Gasteiger charge is 2.43. The number of hydrogen-bond acceptors (Lipinski definition) is 6. The molecule has 1 amide bonds. The van der Waals surface area contributed by atoms with E-state index in [0.29, 0.717) is 30.2 Å². The quantitative estimate of drug-likeness (QED) is 0.650. The highest BCUT2D eigenvalue weighted by Crippen LogP contribution is 2.33. The second kappa shape index (κ2) is 7.08. The Labute approximate surface area is 173 Å². The van der Waals surface area contributed by atoms with Crippen molar-refractivity contribution in [3.63, 3.8) is 0 Å². The first kappa shape index (κ1) is 18.5. The number of carbonyl (C=O) groups is 1. The molecule has 2 unspecified atom stereocenters. The van der Waals surface area contributed by atoms with Gasteiger partial charge < -0.3 is 14.4 Å². The van der Waals surface area contributed by atoms with Crippen LogP contribution in [-0.4, -0.2) is 60.5 Å². The first-order valence-corrected chi connectivity index (χ1v) is 10.1. The molecule has 2 bridgehead atoms. The van der Waals surface area contributed by atoms with Gasteiger partial charge in [0, 0.05) is 38.4 Å². The van der Waals surface area contributed by atoms with Crippen LogP contribution in [0.3, 0.4) is 0 Å². The highest BCUT2D eigenvalue weighted by molar-refractivity contribution is 5.98. The predicted octanol–water partition coefficient (Wildman–Crippen LogP) is 1.16. The van der Waals surface area contributed by atoms with Gasteiger partial charge in [0.1, 0.15) is 0 Å². The lowest BCUT2D eigenvalue weighted by molar-refractivity contribution is 0.0717. The number of carbonyl (C=O) groups excluding carboxylic acids is 1. The molecule has 4 heterocycles. The molecule has 1 aromatic carbocycles. The maximum atomic E-state index is 13.4. The third-order valence-electron chi connectivity index (χ3n) is 5.96. The monoisotopic (exact) mass is 405 g/mol.